The van der Waals surface area contributed by atoms with E-state index in [1.807, 2.05) is 0 Å². The summed E-state index contributed by atoms with van der Waals surface area (Å²) in [5, 5.41) is 3.02. The van der Waals surface area contributed by atoms with Gasteiger partial charge in [-0.1, -0.05) is 30.3 Å². The highest BCUT2D eigenvalue weighted by atomic mass is 19.1. The van der Waals surface area contributed by atoms with Crippen LogP contribution in [0.3, 0.4) is 0 Å². The van der Waals surface area contributed by atoms with E-state index in [2.05, 4.69) is 23.2 Å². The Hall–Kier alpha value is -2.57. The Morgan fingerprint density at radius 2 is 1.59 bits per heavy atom. The van der Waals surface area contributed by atoms with Crippen LogP contribution in [-0.4, -0.2) is 49.2 Å². The molecule has 0 atom stereocenters. The number of hydrogen-bond donors (Lipinski definition) is 1. The fourth-order valence-electron chi connectivity index (χ4n) is 4.66. The number of piperidine rings is 1. The lowest BCUT2D eigenvalue weighted by Crippen LogP contribution is -2.44. The summed E-state index contributed by atoms with van der Waals surface area (Å²) in [6.07, 6.45) is 5.14. The smallest absolute Gasteiger partial charge is 0.232 e. The first-order valence-electron chi connectivity index (χ1n) is 11.3. The summed E-state index contributed by atoms with van der Waals surface area (Å²) < 4.78 is 32.8. The fourth-order valence-corrected chi connectivity index (χ4v) is 4.66. The van der Waals surface area contributed by atoms with Crippen LogP contribution >= 0.6 is 0 Å². The van der Waals surface area contributed by atoms with Crippen molar-refractivity contribution in [3.63, 3.8) is 0 Å². The third-order valence-corrected chi connectivity index (χ3v) is 6.42. The van der Waals surface area contributed by atoms with E-state index < -0.39 is 5.92 Å². The lowest BCUT2D eigenvalue weighted by Gasteiger charge is -2.37. The molecule has 0 aliphatic carbocycles. The van der Waals surface area contributed by atoms with Crippen molar-refractivity contribution in [1.29, 1.82) is 0 Å². The van der Waals surface area contributed by atoms with E-state index in [4.69, 9.17) is 4.74 Å². The quantitative estimate of drug-likeness (QED) is 0.512. The van der Waals surface area contributed by atoms with Gasteiger partial charge < -0.3 is 15.0 Å². The molecule has 0 aromatic heterocycles. The van der Waals surface area contributed by atoms with E-state index in [9.17, 15) is 13.6 Å². The molecule has 6 heteroatoms. The molecule has 4 rings (SSSR count). The molecule has 2 aliphatic heterocycles. The minimum Gasteiger partial charge on any atom is -0.366 e. The van der Waals surface area contributed by atoms with Gasteiger partial charge in [0.15, 0.2) is 0 Å². The van der Waals surface area contributed by atoms with Crippen LogP contribution in [0, 0.1) is 11.6 Å². The molecule has 2 aromatic carbocycles. The van der Waals surface area contributed by atoms with Gasteiger partial charge in [0.1, 0.15) is 11.6 Å². The van der Waals surface area contributed by atoms with Crippen LogP contribution in [0.5, 0.6) is 0 Å². The van der Waals surface area contributed by atoms with E-state index in [1.54, 1.807) is 24.3 Å². The van der Waals surface area contributed by atoms with E-state index >= 15 is 0 Å². The molecular weight excluding hydrogens is 410 g/mol. The van der Waals surface area contributed by atoms with Crippen molar-refractivity contribution >= 4 is 5.91 Å². The molecule has 2 heterocycles. The van der Waals surface area contributed by atoms with Crippen LogP contribution < -0.4 is 5.32 Å². The van der Waals surface area contributed by atoms with Gasteiger partial charge in [0.25, 0.3) is 0 Å². The van der Waals surface area contributed by atoms with Crippen molar-refractivity contribution in [2.75, 3.05) is 32.8 Å². The van der Waals surface area contributed by atoms with Crippen LogP contribution in [0.1, 0.15) is 43.2 Å². The summed E-state index contributed by atoms with van der Waals surface area (Å²) in [6.45, 7) is 6.31. The maximum atomic E-state index is 13.4. The number of carbonyl (C=O) groups excluding carboxylic acids is 1. The van der Waals surface area contributed by atoms with Crippen molar-refractivity contribution in [2.45, 2.75) is 37.7 Å². The molecule has 1 N–H and O–H groups in total. The van der Waals surface area contributed by atoms with Crippen molar-refractivity contribution < 1.29 is 18.3 Å². The van der Waals surface area contributed by atoms with E-state index in [0.717, 1.165) is 45.5 Å². The van der Waals surface area contributed by atoms with Crippen molar-refractivity contribution in [3.8, 4) is 0 Å². The Kier molecular flexibility index (Phi) is 7.01. The third-order valence-electron chi connectivity index (χ3n) is 6.42. The highest BCUT2D eigenvalue weighted by Gasteiger charge is 2.36. The van der Waals surface area contributed by atoms with Gasteiger partial charge in [0, 0.05) is 19.6 Å². The molecule has 4 nitrogen and oxygen atoms in total. The number of nitrogens with one attached hydrogen (secondary N) is 1. The van der Waals surface area contributed by atoms with Gasteiger partial charge in [-0.25, -0.2) is 8.78 Å². The second-order valence-electron chi connectivity index (χ2n) is 8.87. The van der Waals surface area contributed by atoms with E-state index in [1.165, 1.54) is 29.8 Å². The maximum absolute atomic E-state index is 13.4. The molecule has 32 heavy (non-hydrogen) atoms. The zero-order chi connectivity index (χ0) is 22.6. The number of amides is 1. The maximum Gasteiger partial charge on any atom is 0.232 e. The van der Waals surface area contributed by atoms with Crippen LogP contribution in [0.15, 0.2) is 60.2 Å². The SMILES string of the molecule is CC1=CC2(CCN(CCCNC(=O)C(c3ccc(F)cc3)c3ccc(F)cc3)CC2)OC1. The second-order valence-corrected chi connectivity index (χ2v) is 8.87. The van der Waals surface area contributed by atoms with Crippen LogP contribution in [0.2, 0.25) is 0 Å². The number of likely N-dealkylation sites (tertiary alicyclic amines) is 1. The number of ether oxygens (including phenoxy) is 1. The molecular formula is C26H30F2N2O2. The standard InChI is InChI=1S/C26H30F2N2O2/c1-19-17-26(32-18-19)11-15-30(16-12-26)14-2-13-29-25(31)24(20-3-7-22(27)8-4-20)21-5-9-23(28)10-6-21/h3-10,17,24H,2,11-16,18H2,1H3,(H,29,31). The van der Waals surface area contributed by atoms with E-state index in [0.29, 0.717) is 17.7 Å². The normalized spacial score (nSPS) is 18.2. The van der Waals surface area contributed by atoms with Gasteiger partial charge in [-0.05, 0) is 73.7 Å². The molecule has 0 unspecified atom stereocenters. The first-order chi connectivity index (χ1) is 15.4. The molecule has 1 saturated heterocycles. The highest BCUT2D eigenvalue weighted by molar-refractivity contribution is 5.87. The van der Waals surface area contributed by atoms with Gasteiger partial charge in [-0.2, -0.15) is 0 Å². The molecule has 1 amide bonds. The minimum absolute atomic E-state index is 0.0632. The fraction of sp³-hybridized carbons (Fsp3) is 0.423. The number of rotatable bonds is 7. The number of benzene rings is 2. The Morgan fingerprint density at radius 1 is 1.03 bits per heavy atom. The molecule has 170 valence electrons. The minimum atomic E-state index is -0.611. The summed E-state index contributed by atoms with van der Waals surface area (Å²) in [7, 11) is 0. The number of hydrogen-bond acceptors (Lipinski definition) is 3. The monoisotopic (exact) mass is 440 g/mol. The first kappa shape index (κ1) is 22.6. The summed E-state index contributed by atoms with van der Waals surface area (Å²) in [6, 6.07) is 11.8. The zero-order valence-electron chi connectivity index (χ0n) is 18.4. The molecule has 2 aromatic rings. The van der Waals surface area contributed by atoms with Gasteiger partial charge in [0.2, 0.25) is 5.91 Å². The van der Waals surface area contributed by atoms with Gasteiger partial charge >= 0.3 is 0 Å². The summed E-state index contributed by atoms with van der Waals surface area (Å²) in [5.74, 6) is -1.49. The summed E-state index contributed by atoms with van der Waals surface area (Å²) >= 11 is 0. The Labute approximate surface area is 188 Å². The summed E-state index contributed by atoms with van der Waals surface area (Å²) in [5.41, 5.74) is 2.61. The largest absolute Gasteiger partial charge is 0.366 e. The Bertz CT molecular complexity index is 903. The number of halogens is 2. The third kappa shape index (κ3) is 5.43. The molecule has 2 aliphatic rings. The zero-order valence-corrected chi connectivity index (χ0v) is 18.4. The van der Waals surface area contributed by atoms with Crippen LogP contribution in [0.4, 0.5) is 8.78 Å². The van der Waals surface area contributed by atoms with Crippen LogP contribution in [-0.2, 0) is 9.53 Å². The molecule has 0 bridgehead atoms. The number of nitrogens with zero attached hydrogens (tertiary/aromatic N) is 1. The average molecular weight is 441 g/mol. The second kappa shape index (κ2) is 9.92. The van der Waals surface area contributed by atoms with E-state index in [-0.39, 0.29) is 23.1 Å². The van der Waals surface area contributed by atoms with Gasteiger partial charge in [-0.3, -0.25) is 4.79 Å². The molecule has 0 saturated carbocycles. The highest BCUT2D eigenvalue weighted by Crippen LogP contribution is 2.33. The topological polar surface area (TPSA) is 41.6 Å². The van der Waals surface area contributed by atoms with Gasteiger partial charge in [-0.15, -0.1) is 0 Å². The van der Waals surface area contributed by atoms with Crippen molar-refractivity contribution in [1.82, 2.24) is 10.2 Å². The number of carbonyl (C=O) groups is 1. The van der Waals surface area contributed by atoms with Gasteiger partial charge in [0.05, 0.1) is 18.1 Å². The predicted octanol–water partition coefficient (Wildman–Crippen LogP) is 4.41. The van der Waals surface area contributed by atoms with Crippen molar-refractivity contribution in [2.24, 2.45) is 0 Å². The molecule has 1 fully saturated rings. The Balaban J connectivity index is 1.30. The average Bonchev–Trinajstić information content (AvgIpc) is 3.15. The Morgan fingerprint density at radius 3 is 2.09 bits per heavy atom. The lowest BCUT2D eigenvalue weighted by molar-refractivity contribution is -0.121. The lowest BCUT2D eigenvalue weighted by atomic mass is 9.90. The predicted molar refractivity (Wildman–Crippen MR) is 120 cm³/mol. The van der Waals surface area contributed by atoms with Crippen molar-refractivity contribution in [3.05, 3.63) is 82.9 Å². The molecule has 1 spiro atoms. The summed E-state index contributed by atoms with van der Waals surface area (Å²) in [4.78, 5) is 15.4. The van der Waals surface area contributed by atoms with Crippen LogP contribution in [0.25, 0.3) is 0 Å². The molecule has 0 radical (unpaired) electrons. The first-order valence-corrected chi connectivity index (χ1v) is 11.3.